The van der Waals surface area contributed by atoms with Crippen molar-refractivity contribution in [2.45, 2.75) is 69.5 Å². The second kappa shape index (κ2) is 9.45. The van der Waals surface area contributed by atoms with Crippen molar-refractivity contribution in [1.82, 2.24) is 0 Å². The highest BCUT2D eigenvalue weighted by Gasteiger charge is 2.87. The Hall–Kier alpha value is -0.633. The van der Waals surface area contributed by atoms with Crippen molar-refractivity contribution in [3.63, 3.8) is 0 Å². The van der Waals surface area contributed by atoms with Crippen LogP contribution in [0.4, 0.5) is 48.3 Å². The molecule has 0 aliphatic heterocycles. The molecular formula is C14H21F11O2Si. The van der Waals surface area contributed by atoms with Crippen LogP contribution in [0, 0.1) is 5.92 Å². The summed E-state index contributed by atoms with van der Waals surface area (Å²) in [5.41, 5.74) is 0. The van der Waals surface area contributed by atoms with E-state index in [-0.39, 0.29) is 13.2 Å². The molecule has 0 aliphatic rings. The fraction of sp³-hybridized carbons (Fsp3) is 1.00. The third kappa shape index (κ3) is 5.29. The molecule has 0 aromatic carbocycles. The van der Waals surface area contributed by atoms with E-state index in [0.29, 0.717) is 19.8 Å². The van der Waals surface area contributed by atoms with Gasteiger partial charge in [-0.05, 0) is 18.9 Å². The molecule has 0 heterocycles. The van der Waals surface area contributed by atoms with E-state index in [1.165, 1.54) is 0 Å². The van der Waals surface area contributed by atoms with E-state index in [9.17, 15) is 48.3 Å². The first-order valence-electron chi connectivity index (χ1n) is 8.22. The van der Waals surface area contributed by atoms with E-state index in [4.69, 9.17) is 8.85 Å². The Morgan fingerprint density at radius 2 is 1.07 bits per heavy atom. The normalized spacial score (nSPS) is 16.0. The molecule has 0 bridgehead atoms. The highest BCUT2D eigenvalue weighted by Crippen LogP contribution is 2.59. The monoisotopic (exact) mass is 458 g/mol. The smallest absolute Gasteiger partial charge is 0.397 e. The van der Waals surface area contributed by atoms with Crippen LogP contribution in [0.3, 0.4) is 0 Å². The van der Waals surface area contributed by atoms with Crippen molar-refractivity contribution in [2.24, 2.45) is 5.92 Å². The second-order valence-corrected chi connectivity index (χ2v) is 8.15. The Kier molecular flexibility index (Phi) is 9.24. The minimum absolute atomic E-state index is 0.0163. The van der Waals surface area contributed by atoms with Crippen LogP contribution in [-0.4, -0.2) is 52.4 Å². The third-order valence-electron chi connectivity index (χ3n) is 3.74. The summed E-state index contributed by atoms with van der Waals surface area (Å²) in [6, 6.07) is -1.00. The van der Waals surface area contributed by atoms with Gasteiger partial charge in [0.15, 0.2) is 0 Å². The summed E-state index contributed by atoms with van der Waals surface area (Å²) < 4.78 is 154. The molecule has 0 spiro atoms. The summed E-state index contributed by atoms with van der Waals surface area (Å²) in [5, 5.41) is 0. The molecule has 0 saturated heterocycles. The van der Waals surface area contributed by atoms with E-state index >= 15 is 0 Å². The van der Waals surface area contributed by atoms with E-state index in [2.05, 4.69) is 0 Å². The van der Waals surface area contributed by atoms with Crippen molar-refractivity contribution in [3.8, 4) is 0 Å². The van der Waals surface area contributed by atoms with Crippen molar-refractivity contribution in [3.05, 3.63) is 0 Å². The zero-order valence-corrected chi connectivity index (χ0v) is 16.3. The van der Waals surface area contributed by atoms with E-state index < -0.39 is 51.1 Å². The van der Waals surface area contributed by atoms with Crippen LogP contribution in [0.2, 0.25) is 6.04 Å². The average Bonchev–Trinajstić information content (AvgIpc) is 2.55. The number of hydrogen-bond donors (Lipinski definition) is 0. The van der Waals surface area contributed by atoms with Crippen LogP contribution in [0.25, 0.3) is 0 Å². The third-order valence-corrected chi connectivity index (χ3v) is 6.05. The number of rotatable bonds is 12. The summed E-state index contributed by atoms with van der Waals surface area (Å²) in [7, 11) is -3.10. The highest BCUT2D eigenvalue weighted by atomic mass is 28.3. The van der Waals surface area contributed by atoms with Crippen LogP contribution in [-0.2, 0) is 8.85 Å². The predicted molar refractivity (Wildman–Crippen MR) is 79.4 cm³/mol. The van der Waals surface area contributed by atoms with Gasteiger partial charge in [-0.3, -0.25) is 0 Å². The van der Waals surface area contributed by atoms with Crippen LogP contribution in [0.15, 0.2) is 0 Å². The fourth-order valence-corrected chi connectivity index (χ4v) is 4.25. The van der Waals surface area contributed by atoms with Gasteiger partial charge in [-0.25, -0.2) is 0 Å². The minimum Gasteiger partial charge on any atom is -0.397 e. The molecule has 0 saturated carbocycles. The number of alkyl halides is 11. The molecule has 1 unspecified atom stereocenters. The lowest BCUT2D eigenvalue weighted by atomic mass is 9.91. The molecule has 0 rings (SSSR count). The Morgan fingerprint density at radius 1 is 0.679 bits per heavy atom. The van der Waals surface area contributed by atoms with Gasteiger partial charge in [-0.2, -0.15) is 48.3 Å². The minimum atomic E-state index is -7.39. The first kappa shape index (κ1) is 27.4. The summed E-state index contributed by atoms with van der Waals surface area (Å²) in [4.78, 5) is 0. The maximum absolute atomic E-state index is 14.0. The molecule has 0 aromatic heterocycles. The molecule has 1 atom stereocenters. The van der Waals surface area contributed by atoms with Crippen LogP contribution < -0.4 is 0 Å². The van der Waals surface area contributed by atoms with Gasteiger partial charge in [0, 0.05) is 19.1 Å². The molecule has 0 aliphatic carbocycles. The largest absolute Gasteiger partial charge is 0.460 e. The van der Waals surface area contributed by atoms with Crippen molar-refractivity contribution < 1.29 is 57.1 Å². The van der Waals surface area contributed by atoms with Gasteiger partial charge in [0.25, 0.3) is 0 Å². The second-order valence-electron chi connectivity index (χ2n) is 6.15. The molecule has 0 aromatic rings. The Labute approximate surface area is 156 Å². The highest BCUT2D eigenvalue weighted by molar-refractivity contribution is 6.44. The summed E-state index contributed by atoms with van der Waals surface area (Å²) in [6.07, 6.45) is -6.39. The van der Waals surface area contributed by atoms with Gasteiger partial charge in [-0.15, -0.1) is 0 Å². The first-order chi connectivity index (χ1) is 12.4. The SMILES string of the molecule is CCCO[SiH](CC(C)C(F)(F)C(F)(F)C(F)(F)C(F)(F)C(F)(F)F)OCCC. The zero-order valence-electron chi connectivity index (χ0n) is 15.2. The Balaban J connectivity index is 5.72. The zero-order chi connectivity index (χ0) is 22.6. The van der Waals surface area contributed by atoms with Gasteiger partial charge in [-0.1, -0.05) is 20.8 Å². The molecule has 0 radical (unpaired) electrons. The van der Waals surface area contributed by atoms with Crippen LogP contribution >= 0.6 is 0 Å². The molecule has 28 heavy (non-hydrogen) atoms. The van der Waals surface area contributed by atoms with Crippen LogP contribution in [0.1, 0.15) is 33.6 Å². The predicted octanol–water partition coefficient (Wildman–Crippen LogP) is 5.80. The Bertz CT molecular complexity index is 474. The van der Waals surface area contributed by atoms with E-state index in [0.717, 1.165) is 0 Å². The van der Waals surface area contributed by atoms with E-state index in [1.54, 1.807) is 13.8 Å². The summed E-state index contributed by atoms with van der Waals surface area (Å²) in [6.45, 7) is 3.55. The van der Waals surface area contributed by atoms with Crippen molar-refractivity contribution in [2.75, 3.05) is 13.2 Å². The van der Waals surface area contributed by atoms with Crippen LogP contribution in [0.5, 0.6) is 0 Å². The number of hydrogen-bond acceptors (Lipinski definition) is 2. The molecule has 14 heteroatoms. The van der Waals surface area contributed by atoms with Gasteiger partial charge in [0.05, 0.1) is 0 Å². The quantitative estimate of drug-likeness (QED) is 0.272. The topological polar surface area (TPSA) is 18.5 Å². The van der Waals surface area contributed by atoms with E-state index in [1.807, 2.05) is 0 Å². The van der Waals surface area contributed by atoms with Gasteiger partial charge >= 0.3 is 39.2 Å². The fourth-order valence-electron chi connectivity index (χ4n) is 2.01. The summed E-state index contributed by atoms with van der Waals surface area (Å²) in [5.74, 6) is -30.4. The maximum atomic E-state index is 14.0. The molecule has 2 nitrogen and oxygen atoms in total. The lowest BCUT2D eigenvalue weighted by Crippen LogP contribution is -2.67. The van der Waals surface area contributed by atoms with Crippen molar-refractivity contribution in [1.29, 1.82) is 0 Å². The number of halogens is 11. The molecule has 0 amide bonds. The molecule has 0 N–H and O–H groups in total. The standard InChI is InChI=1S/C14H21F11O2Si/c1-4-6-26-28(27-7-5-2)8-9(3)10(15,16)11(17,18)12(19,20)13(21,22)14(23,24)25/h9,28H,4-8H2,1-3H3. The maximum Gasteiger partial charge on any atom is 0.460 e. The average molecular weight is 458 g/mol. The Morgan fingerprint density at radius 3 is 1.39 bits per heavy atom. The molecule has 0 fully saturated rings. The van der Waals surface area contributed by atoms with Crippen molar-refractivity contribution >= 4 is 9.28 Å². The molecule has 170 valence electrons. The van der Waals surface area contributed by atoms with Gasteiger partial charge in [0.1, 0.15) is 0 Å². The lowest BCUT2D eigenvalue weighted by Gasteiger charge is -2.39. The van der Waals surface area contributed by atoms with Gasteiger partial charge in [0.2, 0.25) is 0 Å². The first-order valence-corrected chi connectivity index (χ1v) is 9.98. The molecular weight excluding hydrogens is 437 g/mol. The lowest BCUT2D eigenvalue weighted by molar-refractivity contribution is -0.426. The summed E-state index contributed by atoms with van der Waals surface area (Å²) >= 11 is 0. The van der Waals surface area contributed by atoms with Gasteiger partial charge < -0.3 is 8.85 Å².